The summed E-state index contributed by atoms with van der Waals surface area (Å²) in [5.74, 6) is 1.11. The summed E-state index contributed by atoms with van der Waals surface area (Å²) in [4.78, 5) is 2.43. The number of rotatable bonds is 6. The lowest BCUT2D eigenvalue weighted by molar-refractivity contribution is 0.238. The fourth-order valence-electron chi connectivity index (χ4n) is 5.47. The van der Waals surface area contributed by atoms with Gasteiger partial charge in [-0.25, -0.2) is 0 Å². The molecule has 0 fully saturated rings. The molecule has 180 valence electrons. The van der Waals surface area contributed by atoms with Crippen LogP contribution >= 0.6 is 0 Å². The molecule has 3 aromatic rings. The summed E-state index contributed by atoms with van der Waals surface area (Å²) in [6.07, 6.45) is 2.90. The Kier molecular flexibility index (Phi) is 6.64. The van der Waals surface area contributed by atoms with E-state index < -0.39 is 0 Å². The first kappa shape index (κ1) is 24.2. The zero-order chi connectivity index (χ0) is 24.6. The minimum Gasteiger partial charge on any atom is -0.508 e. The second-order valence-corrected chi connectivity index (χ2v) is 10.3. The van der Waals surface area contributed by atoms with Crippen molar-refractivity contribution in [2.24, 2.45) is 0 Å². The molecule has 0 radical (unpaired) electrons. The van der Waals surface area contributed by atoms with Gasteiger partial charge in [0.2, 0.25) is 0 Å². The number of nitrogens with zero attached hydrogens (tertiary/aromatic N) is 1. The molecule has 34 heavy (non-hydrogen) atoms. The molecule has 1 heterocycles. The number of hydrogen-bond acceptors (Lipinski definition) is 4. The fourth-order valence-corrected chi connectivity index (χ4v) is 5.47. The molecule has 0 atom stereocenters. The van der Waals surface area contributed by atoms with Crippen LogP contribution in [-0.4, -0.2) is 33.3 Å². The van der Waals surface area contributed by atoms with Crippen LogP contribution in [0.3, 0.4) is 0 Å². The maximum absolute atomic E-state index is 10.4. The first-order valence-electron chi connectivity index (χ1n) is 12.2. The second kappa shape index (κ2) is 9.34. The van der Waals surface area contributed by atoms with Crippen molar-refractivity contribution >= 4 is 0 Å². The van der Waals surface area contributed by atoms with E-state index in [0.717, 1.165) is 66.7 Å². The first-order valence-corrected chi connectivity index (χ1v) is 12.2. The summed E-state index contributed by atoms with van der Waals surface area (Å²) in [7, 11) is 0. The molecular formula is C30H37NO3. The molecule has 0 unspecified atom stereocenters. The number of benzene rings is 3. The lowest BCUT2D eigenvalue weighted by Gasteiger charge is -2.35. The van der Waals surface area contributed by atoms with Gasteiger partial charge in [0.1, 0.15) is 17.2 Å². The lowest BCUT2D eigenvalue weighted by atomic mass is 9.71. The number of phenolic OH excluding ortho intramolecular Hbond substituents is 3. The van der Waals surface area contributed by atoms with Crippen LogP contribution in [0.15, 0.2) is 42.5 Å². The third kappa shape index (κ3) is 4.52. The summed E-state index contributed by atoms with van der Waals surface area (Å²) >= 11 is 0. The van der Waals surface area contributed by atoms with E-state index in [1.54, 1.807) is 6.07 Å². The van der Waals surface area contributed by atoms with Crippen LogP contribution in [0, 0.1) is 27.7 Å². The Morgan fingerprint density at radius 2 is 1.35 bits per heavy atom. The van der Waals surface area contributed by atoms with E-state index in [4.69, 9.17) is 0 Å². The van der Waals surface area contributed by atoms with Crippen LogP contribution in [-0.2, 0) is 18.4 Å². The number of phenols is 3. The summed E-state index contributed by atoms with van der Waals surface area (Å²) in [6, 6.07) is 14.3. The van der Waals surface area contributed by atoms with Gasteiger partial charge >= 0.3 is 0 Å². The van der Waals surface area contributed by atoms with Gasteiger partial charge in [0.05, 0.1) is 0 Å². The van der Waals surface area contributed by atoms with E-state index >= 15 is 0 Å². The molecule has 0 bridgehead atoms. The zero-order valence-corrected chi connectivity index (χ0v) is 21.1. The maximum Gasteiger partial charge on any atom is 0.121 e. The van der Waals surface area contributed by atoms with Gasteiger partial charge in [0, 0.05) is 24.1 Å². The molecular weight excluding hydrogens is 422 g/mol. The van der Waals surface area contributed by atoms with Crippen LogP contribution in [0.25, 0.3) is 0 Å². The normalized spacial score (nSPS) is 14.3. The summed E-state index contributed by atoms with van der Waals surface area (Å²) < 4.78 is 0. The molecule has 0 spiro atoms. The van der Waals surface area contributed by atoms with Gasteiger partial charge < -0.3 is 15.3 Å². The molecule has 1 aliphatic rings. The van der Waals surface area contributed by atoms with Gasteiger partial charge in [-0.3, -0.25) is 4.90 Å². The highest BCUT2D eigenvalue weighted by Crippen LogP contribution is 2.41. The molecule has 0 saturated carbocycles. The standard InChI is InChI=1S/C30H37NO3/c1-19-14-24(15-20(2)28(19)33)30(5,25-16-21(3)29(34)22(4)17-25)11-7-12-31-13-10-23-8-6-9-27(32)26(23)18-31/h6,8-9,14-17,32-34H,7,10-13,18H2,1-5H3. The summed E-state index contributed by atoms with van der Waals surface area (Å²) in [5.41, 5.74) is 7.97. The smallest absolute Gasteiger partial charge is 0.121 e. The van der Waals surface area contributed by atoms with E-state index in [1.807, 2.05) is 33.8 Å². The number of hydrogen-bond donors (Lipinski definition) is 3. The topological polar surface area (TPSA) is 63.9 Å². The highest BCUT2D eigenvalue weighted by molar-refractivity contribution is 5.51. The van der Waals surface area contributed by atoms with Crippen LogP contribution < -0.4 is 0 Å². The van der Waals surface area contributed by atoms with Crippen LogP contribution in [0.1, 0.15) is 64.3 Å². The quantitative estimate of drug-likeness (QED) is 0.412. The minimum absolute atomic E-state index is 0.262. The van der Waals surface area contributed by atoms with E-state index in [-0.39, 0.29) is 5.41 Å². The number of aromatic hydroxyl groups is 3. The number of aryl methyl sites for hydroxylation is 4. The molecule has 1 aliphatic heterocycles. The van der Waals surface area contributed by atoms with Gasteiger partial charge in [0.25, 0.3) is 0 Å². The SMILES string of the molecule is Cc1cc(C(C)(CCCN2CCc3cccc(O)c3C2)c2cc(C)c(O)c(C)c2)cc(C)c1O. The number of fused-ring (bicyclic) bond motifs is 1. The van der Waals surface area contributed by atoms with Crippen molar-refractivity contribution in [3.63, 3.8) is 0 Å². The Labute approximate surface area is 203 Å². The second-order valence-electron chi connectivity index (χ2n) is 10.3. The summed E-state index contributed by atoms with van der Waals surface area (Å²) in [5, 5.41) is 31.1. The maximum atomic E-state index is 10.4. The van der Waals surface area contributed by atoms with Crippen molar-refractivity contribution in [1.82, 2.24) is 4.90 Å². The largest absolute Gasteiger partial charge is 0.508 e. The minimum atomic E-state index is -0.262. The predicted molar refractivity (Wildman–Crippen MR) is 138 cm³/mol. The summed E-state index contributed by atoms with van der Waals surface area (Å²) in [6.45, 7) is 12.8. The first-order chi connectivity index (χ1) is 16.1. The van der Waals surface area contributed by atoms with Crippen molar-refractivity contribution in [2.75, 3.05) is 13.1 Å². The highest BCUT2D eigenvalue weighted by Gasteiger charge is 2.31. The fraction of sp³-hybridized carbons (Fsp3) is 0.400. The van der Waals surface area contributed by atoms with Crippen LogP contribution in [0.4, 0.5) is 0 Å². The van der Waals surface area contributed by atoms with E-state index in [9.17, 15) is 15.3 Å². The van der Waals surface area contributed by atoms with Gasteiger partial charge in [-0.2, -0.15) is 0 Å². The molecule has 4 rings (SSSR count). The average Bonchev–Trinajstić information content (AvgIpc) is 2.80. The van der Waals surface area contributed by atoms with Gasteiger partial charge in [-0.05, 0) is 98.5 Å². The Morgan fingerprint density at radius 3 is 1.88 bits per heavy atom. The molecule has 0 amide bonds. The molecule has 0 saturated heterocycles. The Balaban J connectivity index is 1.61. The van der Waals surface area contributed by atoms with Crippen molar-refractivity contribution in [2.45, 2.75) is 65.8 Å². The third-order valence-electron chi connectivity index (χ3n) is 7.73. The van der Waals surface area contributed by atoms with Crippen molar-refractivity contribution in [3.8, 4) is 17.2 Å². The predicted octanol–water partition coefficient (Wildman–Crippen LogP) is 6.18. The zero-order valence-electron chi connectivity index (χ0n) is 21.1. The van der Waals surface area contributed by atoms with Crippen molar-refractivity contribution in [3.05, 3.63) is 87.0 Å². The molecule has 0 aliphatic carbocycles. The molecule has 4 heteroatoms. The van der Waals surface area contributed by atoms with Gasteiger partial charge in [-0.15, -0.1) is 0 Å². The van der Waals surface area contributed by atoms with Gasteiger partial charge in [-0.1, -0.05) is 43.3 Å². The van der Waals surface area contributed by atoms with E-state index in [0.29, 0.717) is 17.2 Å². The monoisotopic (exact) mass is 459 g/mol. The lowest BCUT2D eigenvalue weighted by Crippen LogP contribution is -2.33. The Bertz CT molecular complexity index is 1110. The van der Waals surface area contributed by atoms with Gasteiger partial charge in [0.15, 0.2) is 0 Å². The Hall–Kier alpha value is -2.98. The van der Waals surface area contributed by atoms with Crippen LogP contribution in [0.5, 0.6) is 17.2 Å². The van der Waals surface area contributed by atoms with Crippen molar-refractivity contribution in [1.29, 1.82) is 0 Å². The molecule has 4 nitrogen and oxygen atoms in total. The van der Waals surface area contributed by atoms with E-state index in [1.165, 1.54) is 16.7 Å². The third-order valence-corrected chi connectivity index (χ3v) is 7.73. The van der Waals surface area contributed by atoms with Crippen molar-refractivity contribution < 1.29 is 15.3 Å². The van der Waals surface area contributed by atoms with Crippen LogP contribution in [0.2, 0.25) is 0 Å². The van der Waals surface area contributed by atoms with E-state index in [2.05, 4.69) is 42.2 Å². The molecule has 3 N–H and O–H groups in total. The average molecular weight is 460 g/mol. The highest BCUT2D eigenvalue weighted by atomic mass is 16.3. The Morgan fingerprint density at radius 1 is 0.824 bits per heavy atom. The molecule has 0 aromatic heterocycles. The molecule has 3 aromatic carbocycles.